The Balaban J connectivity index is 1.81. The normalized spacial score (nSPS) is 16.2. The third-order valence-corrected chi connectivity index (χ3v) is 5.06. The number of nitrogens with zero attached hydrogens (tertiary/aromatic N) is 5. The van der Waals surface area contributed by atoms with Crippen molar-refractivity contribution >= 4 is 22.1 Å². The van der Waals surface area contributed by atoms with E-state index in [1.165, 1.54) is 7.11 Å². The van der Waals surface area contributed by atoms with Gasteiger partial charge in [-0.3, -0.25) is 9.36 Å². The van der Waals surface area contributed by atoms with Gasteiger partial charge in [-0.25, -0.2) is 9.97 Å². The summed E-state index contributed by atoms with van der Waals surface area (Å²) in [6.07, 6.45) is 5.73. The van der Waals surface area contributed by atoms with Crippen LogP contribution in [0.5, 0.6) is 5.88 Å². The van der Waals surface area contributed by atoms with Crippen molar-refractivity contribution in [3.8, 4) is 11.9 Å². The van der Waals surface area contributed by atoms with Crippen molar-refractivity contribution in [1.82, 2.24) is 24.4 Å². The second-order valence-electron chi connectivity index (χ2n) is 6.51. The molecular weight excluding hydrogens is 332 g/mol. The Morgan fingerprint density at radius 1 is 1.42 bits per heavy atom. The number of hydrogen-bond donors (Lipinski definition) is 1. The zero-order valence-corrected chi connectivity index (χ0v) is 14.6. The highest BCUT2D eigenvalue weighted by atomic mass is 16.5. The highest BCUT2D eigenvalue weighted by Gasteiger charge is 2.25. The second-order valence-corrected chi connectivity index (χ2v) is 6.51. The number of likely N-dealkylation sites (tertiary alicyclic amines) is 1. The molecule has 4 heterocycles. The molecule has 8 heteroatoms. The van der Waals surface area contributed by atoms with Gasteiger partial charge in [0.2, 0.25) is 0 Å². The van der Waals surface area contributed by atoms with Crippen molar-refractivity contribution in [1.29, 1.82) is 5.26 Å². The molecule has 134 valence electrons. The van der Waals surface area contributed by atoms with Crippen LogP contribution in [-0.4, -0.2) is 51.2 Å². The summed E-state index contributed by atoms with van der Waals surface area (Å²) in [5.74, 6) is 0.0982. The maximum atomic E-state index is 13.0. The Bertz CT molecular complexity index is 1040. The molecule has 4 rings (SSSR count). The molecular formula is C18H20N6O2. The van der Waals surface area contributed by atoms with Crippen LogP contribution in [0.2, 0.25) is 0 Å². The number of piperidine rings is 1. The smallest absolute Gasteiger partial charge is 0.314 e. The summed E-state index contributed by atoms with van der Waals surface area (Å²) in [6, 6.07) is 4.19. The maximum absolute atomic E-state index is 13.0. The Labute approximate surface area is 150 Å². The van der Waals surface area contributed by atoms with Crippen molar-refractivity contribution in [3.63, 3.8) is 0 Å². The van der Waals surface area contributed by atoms with Gasteiger partial charge < -0.3 is 14.6 Å². The molecule has 0 amide bonds. The number of H-pyrrole nitrogens is 1. The van der Waals surface area contributed by atoms with Gasteiger partial charge in [-0.05, 0) is 18.9 Å². The van der Waals surface area contributed by atoms with Gasteiger partial charge in [0.25, 0.3) is 5.88 Å². The summed E-state index contributed by atoms with van der Waals surface area (Å²) < 4.78 is 7.06. The van der Waals surface area contributed by atoms with Crippen LogP contribution in [0.15, 0.2) is 23.3 Å². The van der Waals surface area contributed by atoms with Crippen molar-refractivity contribution in [2.45, 2.75) is 25.3 Å². The van der Waals surface area contributed by atoms with Crippen LogP contribution in [0.4, 0.5) is 0 Å². The molecule has 0 atom stereocenters. The number of pyridine rings is 1. The molecule has 3 aromatic rings. The molecule has 0 aromatic carbocycles. The minimum Gasteiger partial charge on any atom is -0.477 e. The lowest BCUT2D eigenvalue weighted by molar-refractivity contribution is 0.189. The van der Waals surface area contributed by atoms with E-state index in [-0.39, 0.29) is 17.5 Å². The number of methoxy groups -OCH3 is 1. The standard InChI is InChI=1S/C18H20N6O2/c1-26-17-18(25)24(12-4-9-23(10-5-12)8-2-6-19)15-13-3-7-20-16(13)21-11-14(15)22-17/h3,7,11-12H,2,4-5,8-10H2,1H3,(H,20,21). The van der Waals surface area contributed by atoms with E-state index in [0.29, 0.717) is 11.9 Å². The summed E-state index contributed by atoms with van der Waals surface area (Å²) >= 11 is 0. The lowest BCUT2D eigenvalue weighted by Gasteiger charge is -2.33. The Kier molecular flexibility index (Phi) is 4.31. The molecule has 0 radical (unpaired) electrons. The highest BCUT2D eigenvalue weighted by molar-refractivity contribution is 6.00. The summed E-state index contributed by atoms with van der Waals surface area (Å²) in [5, 5.41) is 9.66. The third kappa shape index (κ3) is 2.70. The Morgan fingerprint density at radius 2 is 2.23 bits per heavy atom. The second kappa shape index (κ2) is 6.77. The van der Waals surface area contributed by atoms with Crippen molar-refractivity contribution in [2.24, 2.45) is 0 Å². The Hall–Kier alpha value is -2.92. The van der Waals surface area contributed by atoms with Gasteiger partial charge in [-0.2, -0.15) is 5.26 Å². The molecule has 1 N–H and O–H groups in total. The number of rotatable bonds is 4. The monoisotopic (exact) mass is 352 g/mol. The average molecular weight is 352 g/mol. The van der Waals surface area contributed by atoms with Crippen LogP contribution in [0.3, 0.4) is 0 Å². The number of aromatic nitrogens is 4. The number of fused-ring (bicyclic) bond motifs is 3. The van der Waals surface area contributed by atoms with E-state index in [1.54, 1.807) is 6.20 Å². The fourth-order valence-corrected chi connectivity index (χ4v) is 3.77. The van der Waals surface area contributed by atoms with Gasteiger partial charge in [0.1, 0.15) is 11.2 Å². The molecule has 0 spiro atoms. The lowest BCUT2D eigenvalue weighted by atomic mass is 10.0. The SMILES string of the molecule is COc1nc2cnc3[nH]ccc3c2n(C2CCN(CCC#N)CC2)c1=O. The predicted molar refractivity (Wildman–Crippen MR) is 97.1 cm³/mol. The molecule has 1 fully saturated rings. The van der Waals surface area contributed by atoms with Gasteiger partial charge in [0, 0.05) is 43.7 Å². The minimum atomic E-state index is -0.204. The number of aromatic amines is 1. The van der Waals surface area contributed by atoms with E-state index >= 15 is 0 Å². The van der Waals surface area contributed by atoms with Gasteiger partial charge in [-0.15, -0.1) is 0 Å². The summed E-state index contributed by atoms with van der Waals surface area (Å²) in [5.41, 5.74) is 1.99. The third-order valence-electron chi connectivity index (χ3n) is 5.06. The van der Waals surface area contributed by atoms with E-state index in [9.17, 15) is 4.79 Å². The first-order valence-corrected chi connectivity index (χ1v) is 8.74. The van der Waals surface area contributed by atoms with Crippen LogP contribution in [0.1, 0.15) is 25.3 Å². The highest BCUT2D eigenvalue weighted by Crippen LogP contribution is 2.29. The summed E-state index contributed by atoms with van der Waals surface area (Å²) in [7, 11) is 1.46. The van der Waals surface area contributed by atoms with E-state index in [4.69, 9.17) is 10.00 Å². The van der Waals surface area contributed by atoms with Crippen LogP contribution >= 0.6 is 0 Å². The number of hydrogen-bond acceptors (Lipinski definition) is 6. The predicted octanol–water partition coefficient (Wildman–Crippen LogP) is 1.83. The minimum absolute atomic E-state index is 0.0701. The van der Waals surface area contributed by atoms with Crippen LogP contribution in [-0.2, 0) is 0 Å². The number of nitriles is 1. The number of nitrogens with one attached hydrogen (secondary N) is 1. The van der Waals surface area contributed by atoms with Gasteiger partial charge in [0.05, 0.1) is 24.9 Å². The maximum Gasteiger partial charge on any atom is 0.314 e. The first-order chi connectivity index (χ1) is 12.7. The molecule has 3 aromatic heterocycles. The van der Waals surface area contributed by atoms with Crippen molar-refractivity contribution < 1.29 is 4.74 Å². The fraction of sp³-hybridized carbons (Fsp3) is 0.444. The lowest BCUT2D eigenvalue weighted by Crippen LogP contribution is -2.38. The molecule has 0 unspecified atom stereocenters. The van der Waals surface area contributed by atoms with Crippen LogP contribution < -0.4 is 10.3 Å². The molecule has 1 aliphatic rings. The topological polar surface area (TPSA) is 99.8 Å². The number of ether oxygens (including phenoxy) is 1. The fourth-order valence-electron chi connectivity index (χ4n) is 3.77. The van der Waals surface area contributed by atoms with Gasteiger partial charge >= 0.3 is 5.56 Å². The first-order valence-electron chi connectivity index (χ1n) is 8.74. The van der Waals surface area contributed by atoms with Gasteiger partial charge in [-0.1, -0.05) is 0 Å². The molecule has 0 bridgehead atoms. The van der Waals surface area contributed by atoms with Crippen LogP contribution in [0.25, 0.3) is 22.1 Å². The molecule has 0 aliphatic carbocycles. The molecule has 1 aliphatic heterocycles. The summed E-state index contributed by atoms with van der Waals surface area (Å²) in [4.78, 5) is 27.1. The van der Waals surface area contributed by atoms with Gasteiger partial charge in [0.15, 0.2) is 0 Å². The zero-order chi connectivity index (χ0) is 18.1. The van der Waals surface area contributed by atoms with E-state index in [2.05, 4.69) is 25.9 Å². The average Bonchev–Trinajstić information content (AvgIpc) is 3.15. The molecule has 8 nitrogen and oxygen atoms in total. The molecule has 1 saturated heterocycles. The molecule has 0 saturated carbocycles. The van der Waals surface area contributed by atoms with Crippen LogP contribution in [0, 0.1) is 11.3 Å². The quantitative estimate of drug-likeness (QED) is 0.769. The van der Waals surface area contributed by atoms with Crippen molar-refractivity contribution in [2.75, 3.05) is 26.7 Å². The Morgan fingerprint density at radius 3 is 2.96 bits per heavy atom. The zero-order valence-electron chi connectivity index (χ0n) is 14.6. The van der Waals surface area contributed by atoms with E-state index < -0.39 is 0 Å². The molecule has 26 heavy (non-hydrogen) atoms. The first kappa shape index (κ1) is 16.5. The van der Waals surface area contributed by atoms with E-state index in [1.807, 2.05) is 16.8 Å². The summed E-state index contributed by atoms with van der Waals surface area (Å²) in [6.45, 7) is 2.52. The largest absolute Gasteiger partial charge is 0.477 e. The van der Waals surface area contributed by atoms with Crippen molar-refractivity contribution in [3.05, 3.63) is 28.8 Å². The van der Waals surface area contributed by atoms with E-state index in [0.717, 1.165) is 49.0 Å².